The molecule has 18 heavy (non-hydrogen) atoms. The Morgan fingerprint density at radius 1 is 1.44 bits per heavy atom. The van der Waals surface area contributed by atoms with E-state index in [0.717, 1.165) is 10.9 Å². The molecule has 0 spiro atoms. The molecule has 0 saturated heterocycles. The van der Waals surface area contributed by atoms with Gasteiger partial charge in [-0.15, -0.1) is 0 Å². The van der Waals surface area contributed by atoms with Gasteiger partial charge in [-0.1, -0.05) is 26.7 Å². The molecule has 98 valence electrons. The number of hydrogen-bond donors (Lipinski definition) is 1. The number of amides is 1. The van der Waals surface area contributed by atoms with Crippen molar-refractivity contribution in [3.8, 4) is 0 Å². The van der Waals surface area contributed by atoms with Crippen LogP contribution in [-0.4, -0.2) is 16.9 Å². The molecule has 1 amide bonds. The molecule has 0 bridgehead atoms. The lowest BCUT2D eigenvalue weighted by Gasteiger charge is -2.39. The van der Waals surface area contributed by atoms with Crippen LogP contribution in [-0.2, 0) is 0 Å². The van der Waals surface area contributed by atoms with Crippen LogP contribution in [0.2, 0.25) is 0 Å². The average Bonchev–Trinajstić information content (AvgIpc) is 2.31. The molecule has 2 rings (SSSR count). The van der Waals surface area contributed by atoms with E-state index < -0.39 is 0 Å². The third-order valence-corrected chi connectivity index (χ3v) is 4.21. The zero-order chi connectivity index (χ0) is 13.2. The van der Waals surface area contributed by atoms with Crippen LogP contribution < -0.4 is 5.32 Å². The largest absolute Gasteiger partial charge is 0.349 e. The summed E-state index contributed by atoms with van der Waals surface area (Å²) in [6, 6.07) is 2.07. The van der Waals surface area contributed by atoms with E-state index in [9.17, 15) is 4.79 Å². The predicted octanol–water partition coefficient (Wildman–Crippen LogP) is 3.54. The van der Waals surface area contributed by atoms with Crippen molar-refractivity contribution in [3.63, 3.8) is 0 Å². The highest BCUT2D eigenvalue weighted by molar-refractivity contribution is 9.10. The molecule has 1 aromatic rings. The fourth-order valence-electron chi connectivity index (χ4n) is 2.54. The number of hydrogen-bond acceptors (Lipinski definition) is 2. The maximum absolute atomic E-state index is 12.2. The van der Waals surface area contributed by atoms with Crippen molar-refractivity contribution in [3.05, 3.63) is 28.5 Å². The van der Waals surface area contributed by atoms with Gasteiger partial charge in [0.1, 0.15) is 0 Å². The Hall–Kier alpha value is -0.900. The molecule has 1 aromatic heterocycles. The Morgan fingerprint density at radius 3 is 2.89 bits per heavy atom. The summed E-state index contributed by atoms with van der Waals surface area (Å²) in [7, 11) is 0. The highest BCUT2D eigenvalue weighted by atomic mass is 79.9. The Kier molecular flexibility index (Phi) is 4.05. The molecule has 1 saturated carbocycles. The standard InChI is InChI=1S/C14H19BrN2O/c1-14(2)6-4-3-5-12(14)17-13(18)10-7-11(15)9-16-8-10/h7-9,12H,3-6H2,1-2H3,(H,17,18). The molecule has 1 heterocycles. The summed E-state index contributed by atoms with van der Waals surface area (Å²) in [5.74, 6) is -0.0243. The molecule has 0 aromatic carbocycles. The quantitative estimate of drug-likeness (QED) is 0.907. The Bertz CT molecular complexity index is 445. The van der Waals surface area contributed by atoms with Crippen molar-refractivity contribution in [1.82, 2.24) is 10.3 Å². The lowest BCUT2D eigenvalue weighted by Crippen LogP contribution is -2.46. The van der Waals surface area contributed by atoms with Gasteiger partial charge in [-0.3, -0.25) is 9.78 Å². The summed E-state index contributed by atoms with van der Waals surface area (Å²) >= 11 is 3.34. The highest BCUT2D eigenvalue weighted by Gasteiger charge is 2.33. The zero-order valence-corrected chi connectivity index (χ0v) is 12.5. The summed E-state index contributed by atoms with van der Waals surface area (Å²) in [6.45, 7) is 4.46. The lowest BCUT2D eigenvalue weighted by molar-refractivity contribution is 0.0853. The van der Waals surface area contributed by atoms with Crippen molar-refractivity contribution >= 4 is 21.8 Å². The van der Waals surface area contributed by atoms with Crippen molar-refractivity contribution in [2.45, 2.75) is 45.6 Å². The lowest BCUT2D eigenvalue weighted by atomic mass is 9.73. The molecular formula is C14H19BrN2O. The Labute approximate surface area is 117 Å². The fraction of sp³-hybridized carbons (Fsp3) is 0.571. The van der Waals surface area contributed by atoms with E-state index in [0.29, 0.717) is 5.56 Å². The van der Waals surface area contributed by atoms with Crippen molar-refractivity contribution in [1.29, 1.82) is 0 Å². The van der Waals surface area contributed by atoms with E-state index in [1.807, 2.05) is 0 Å². The third kappa shape index (κ3) is 3.10. The van der Waals surface area contributed by atoms with Crippen LogP contribution in [0.1, 0.15) is 49.9 Å². The first-order chi connectivity index (χ1) is 8.49. The van der Waals surface area contributed by atoms with Crippen molar-refractivity contribution in [2.24, 2.45) is 5.41 Å². The van der Waals surface area contributed by atoms with Crippen LogP contribution in [0.5, 0.6) is 0 Å². The molecule has 0 aliphatic heterocycles. The number of rotatable bonds is 2. The Balaban J connectivity index is 2.07. The summed E-state index contributed by atoms with van der Waals surface area (Å²) in [5.41, 5.74) is 0.804. The van der Waals surface area contributed by atoms with Crippen LogP contribution in [0.25, 0.3) is 0 Å². The molecule has 0 radical (unpaired) electrons. The smallest absolute Gasteiger partial charge is 0.253 e. The SMILES string of the molecule is CC1(C)CCCCC1NC(=O)c1cncc(Br)c1. The number of nitrogens with zero attached hydrogens (tertiary/aromatic N) is 1. The van der Waals surface area contributed by atoms with Gasteiger partial charge >= 0.3 is 0 Å². The molecule has 1 fully saturated rings. The molecule has 3 nitrogen and oxygen atoms in total. The van der Waals surface area contributed by atoms with Gasteiger partial charge in [0, 0.05) is 22.9 Å². The summed E-state index contributed by atoms with van der Waals surface area (Å²) in [5, 5.41) is 3.15. The highest BCUT2D eigenvalue weighted by Crippen LogP contribution is 2.35. The predicted molar refractivity (Wildman–Crippen MR) is 75.4 cm³/mol. The number of carbonyl (C=O) groups excluding carboxylic acids is 1. The number of carbonyl (C=O) groups is 1. The molecule has 1 aliphatic rings. The minimum absolute atomic E-state index is 0.0243. The van der Waals surface area contributed by atoms with Gasteiger partial charge in [0.15, 0.2) is 0 Å². The van der Waals surface area contributed by atoms with Crippen LogP contribution in [0.15, 0.2) is 22.9 Å². The fourth-order valence-corrected chi connectivity index (χ4v) is 2.90. The van der Waals surface area contributed by atoms with Crippen LogP contribution in [0.4, 0.5) is 0 Å². The van der Waals surface area contributed by atoms with E-state index in [1.165, 1.54) is 19.3 Å². The van der Waals surface area contributed by atoms with Gasteiger partial charge in [-0.2, -0.15) is 0 Å². The van der Waals surface area contributed by atoms with E-state index >= 15 is 0 Å². The summed E-state index contributed by atoms with van der Waals surface area (Å²) < 4.78 is 0.832. The third-order valence-electron chi connectivity index (χ3n) is 3.78. The molecule has 1 unspecified atom stereocenters. The number of halogens is 1. The number of nitrogens with one attached hydrogen (secondary N) is 1. The monoisotopic (exact) mass is 310 g/mol. The first kappa shape index (κ1) is 13.5. The normalized spacial score (nSPS) is 22.5. The summed E-state index contributed by atoms with van der Waals surface area (Å²) in [4.78, 5) is 16.2. The molecule has 1 atom stereocenters. The molecule has 4 heteroatoms. The van der Waals surface area contributed by atoms with Gasteiger partial charge in [-0.25, -0.2) is 0 Å². The van der Waals surface area contributed by atoms with Crippen LogP contribution in [0.3, 0.4) is 0 Å². The first-order valence-corrected chi connectivity index (χ1v) is 7.20. The minimum atomic E-state index is -0.0243. The van der Waals surface area contributed by atoms with Gasteiger partial charge in [0.05, 0.1) is 5.56 Å². The summed E-state index contributed by atoms with van der Waals surface area (Å²) in [6.07, 6.45) is 8.00. The number of pyridine rings is 1. The van der Waals surface area contributed by atoms with Gasteiger partial charge in [-0.05, 0) is 40.3 Å². The topological polar surface area (TPSA) is 42.0 Å². The van der Waals surface area contributed by atoms with E-state index in [4.69, 9.17) is 0 Å². The molecular weight excluding hydrogens is 292 g/mol. The van der Waals surface area contributed by atoms with Gasteiger partial charge in [0.25, 0.3) is 5.91 Å². The van der Waals surface area contributed by atoms with Crippen LogP contribution in [0, 0.1) is 5.41 Å². The van der Waals surface area contributed by atoms with E-state index in [2.05, 4.69) is 40.1 Å². The van der Waals surface area contributed by atoms with E-state index in [-0.39, 0.29) is 17.4 Å². The van der Waals surface area contributed by atoms with E-state index in [1.54, 1.807) is 18.5 Å². The second kappa shape index (κ2) is 5.39. The van der Waals surface area contributed by atoms with Crippen molar-refractivity contribution < 1.29 is 4.79 Å². The maximum Gasteiger partial charge on any atom is 0.253 e. The van der Waals surface area contributed by atoms with Crippen molar-refractivity contribution in [2.75, 3.05) is 0 Å². The first-order valence-electron chi connectivity index (χ1n) is 6.40. The zero-order valence-electron chi connectivity index (χ0n) is 10.9. The van der Waals surface area contributed by atoms with Gasteiger partial charge in [0.2, 0.25) is 0 Å². The molecule has 1 N–H and O–H groups in total. The second-order valence-electron chi connectivity index (χ2n) is 5.65. The van der Waals surface area contributed by atoms with Gasteiger partial charge < -0.3 is 5.32 Å². The average molecular weight is 311 g/mol. The minimum Gasteiger partial charge on any atom is -0.349 e. The van der Waals surface area contributed by atoms with Crippen LogP contribution >= 0.6 is 15.9 Å². The molecule has 1 aliphatic carbocycles. The second-order valence-corrected chi connectivity index (χ2v) is 6.57. The Morgan fingerprint density at radius 2 is 2.22 bits per heavy atom. The maximum atomic E-state index is 12.2. The number of aromatic nitrogens is 1.